The van der Waals surface area contributed by atoms with E-state index in [1.54, 1.807) is 0 Å². The smallest absolute Gasteiger partial charge is 0.252 e. The van der Waals surface area contributed by atoms with Crippen molar-refractivity contribution < 1.29 is 0 Å². The van der Waals surface area contributed by atoms with E-state index in [2.05, 4.69) is 389 Å². The second kappa shape index (κ2) is 23.6. The van der Waals surface area contributed by atoms with E-state index in [0.717, 1.165) is 39.8 Å². The number of nitrogens with zero attached hydrogens (tertiary/aromatic N) is 3. The Morgan fingerprint density at radius 2 is 0.541 bits per heavy atom. The third kappa shape index (κ3) is 11.0. The Morgan fingerprint density at radius 3 is 0.898 bits per heavy atom. The molecule has 13 aromatic carbocycles. The van der Waals surface area contributed by atoms with Crippen LogP contribution in [0.1, 0.15) is 105 Å². The number of anilines is 6. The van der Waals surface area contributed by atoms with Crippen molar-refractivity contribution in [1.29, 1.82) is 0 Å². The molecule has 14 aromatic rings. The third-order valence-corrected chi connectivity index (χ3v) is 20.9. The highest BCUT2D eigenvalue weighted by atomic mass is 15.2. The Balaban J connectivity index is 0.997. The van der Waals surface area contributed by atoms with Gasteiger partial charge in [-0.05, 0) is 188 Å². The van der Waals surface area contributed by atoms with E-state index < -0.39 is 0 Å². The summed E-state index contributed by atoms with van der Waals surface area (Å²) >= 11 is 0. The van der Waals surface area contributed by atoms with Gasteiger partial charge in [-0.25, -0.2) is 0 Å². The Kier molecular flexibility index (Phi) is 14.9. The van der Waals surface area contributed by atoms with Gasteiger partial charge in [-0.15, -0.1) is 0 Å². The zero-order valence-corrected chi connectivity index (χ0v) is 58.6. The molecule has 0 saturated heterocycles. The van der Waals surface area contributed by atoms with Crippen LogP contribution in [0.25, 0.3) is 94.3 Å². The minimum Gasteiger partial charge on any atom is -0.311 e. The van der Waals surface area contributed by atoms with Crippen molar-refractivity contribution >= 4 is 79.0 Å². The number of aromatic nitrogens is 1. The number of rotatable bonds is 9. The minimum absolute atomic E-state index is 0.0459. The van der Waals surface area contributed by atoms with Gasteiger partial charge in [0.25, 0.3) is 6.71 Å². The van der Waals surface area contributed by atoms with Crippen LogP contribution in [0.5, 0.6) is 0 Å². The molecule has 0 bridgehead atoms. The molecule has 0 radical (unpaired) electrons. The van der Waals surface area contributed by atoms with Crippen molar-refractivity contribution in [3.05, 3.63) is 313 Å². The molecule has 0 N–H and O–H groups in total. The van der Waals surface area contributed by atoms with Crippen LogP contribution in [0, 0.1) is 0 Å². The fourth-order valence-electron chi connectivity index (χ4n) is 15.4. The predicted octanol–water partition coefficient (Wildman–Crippen LogP) is 24.1. The molecule has 1 aromatic heterocycles. The molecule has 2 aliphatic heterocycles. The monoisotopic (exact) mass is 1270 g/mol. The Labute approximate surface area is 580 Å². The first kappa shape index (κ1) is 62.2. The lowest BCUT2D eigenvalue weighted by Crippen LogP contribution is -2.61. The van der Waals surface area contributed by atoms with Crippen LogP contribution in [-0.4, -0.2) is 11.3 Å². The first-order valence-corrected chi connectivity index (χ1v) is 35.0. The summed E-state index contributed by atoms with van der Waals surface area (Å²) in [5.41, 5.74) is 33.4. The molecule has 0 amide bonds. The van der Waals surface area contributed by atoms with Crippen LogP contribution in [0.4, 0.5) is 34.1 Å². The molecule has 0 atom stereocenters. The quantitative estimate of drug-likeness (QED) is 0.133. The van der Waals surface area contributed by atoms with Crippen molar-refractivity contribution in [2.75, 3.05) is 9.80 Å². The standard InChI is InChI=1S/C94H84BN3/c1-91(2,3)69-41-47-73(48-42-69)96-84-53-39-67(78-29-21-19-27-76(78)65-35-31-63(32-36-65)61-23-15-13-16-24-61)55-82(84)95-83-56-68(79-30-22-20-28-77(79)66-37-33-64(34-38-66)62-25-17-14-18-26-62)40-54-85(83)97(74-49-43-70(44-50-74)92(4,5)6)89-60-75(59-88(96)90(89)95)98-86-57-71(93(7,8)9)45-51-80(86)81-52-46-72(58-87(81)98)94(10,11)12/h13-60H,1-12H3. The number of hydrogen-bond donors (Lipinski definition) is 0. The Hall–Kier alpha value is -10.7. The Bertz CT molecular complexity index is 5050. The maximum atomic E-state index is 2.61. The van der Waals surface area contributed by atoms with Gasteiger partial charge in [0.15, 0.2) is 0 Å². The van der Waals surface area contributed by atoms with E-state index >= 15 is 0 Å². The van der Waals surface area contributed by atoms with Gasteiger partial charge in [-0.3, -0.25) is 0 Å². The topological polar surface area (TPSA) is 11.4 Å². The van der Waals surface area contributed by atoms with Crippen molar-refractivity contribution in [3.8, 4) is 72.4 Å². The molecular formula is C94H84BN3. The molecule has 478 valence electrons. The van der Waals surface area contributed by atoms with Crippen LogP contribution in [0.3, 0.4) is 0 Å². The van der Waals surface area contributed by atoms with Crippen LogP contribution in [0.15, 0.2) is 291 Å². The lowest BCUT2D eigenvalue weighted by Gasteiger charge is -2.45. The number of hydrogen-bond acceptors (Lipinski definition) is 2. The van der Waals surface area contributed by atoms with E-state index in [1.807, 2.05) is 0 Å². The lowest BCUT2D eigenvalue weighted by atomic mass is 9.33. The fourth-order valence-corrected chi connectivity index (χ4v) is 15.4. The summed E-state index contributed by atoms with van der Waals surface area (Å²) in [6.45, 7) is 27.7. The second-order valence-electron chi connectivity index (χ2n) is 31.4. The molecule has 16 rings (SSSR count). The fraction of sp³-hybridized carbons (Fsp3) is 0.170. The first-order valence-electron chi connectivity index (χ1n) is 35.0. The maximum Gasteiger partial charge on any atom is 0.252 e. The molecule has 0 aliphatic carbocycles. The molecule has 3 heterocycles. The molecule has 0 spiro atoms. The lowest BCUT2D eigenvalue weighted by molar-refractivity contribution is 0.590. The summed E-state index contributed by atoms with van der Waals surface area (Å²) in [7, 11) is 0. The summed E-state index contributed by atoms with van der Waals surface area (Å²) in [5.74, 6) is 0. The maximum absolute atomic E-state index is 2.61. The Morgan fingerprint density at radius 1 is 0.235 bits per heavy atom. The summed E-state index contributed by atoms with van der Waals surface area (Å²) in [6, 6.07) is 111. The summed E-state index contributed by atoms with van der Waals surface area (Å²) in [4.78, 5) is 5.22. The van der Waals surface area contributed by atoms with Gasteiger partial charge < -0.3 is 14.4 Å². The van der Waals surface area contributed by atoms with Gasteiger partial charge in [0.05, 0.1) is 16.7 Å². The molecular weight excluding hydrogens is 1180 g/mol. The summed E-state index contributed by atoms with van der Waals surface area (Å²) in [5, 5.41) is 2.50. The zero-order chi connectivity index (χ0) is 67.6. The second-order valence-corrected chi connectivity index (χ2v) is 31.4. The molecule has 2 aliphatic rings. The zero-order valence-electron chi connectivity index (χ0n) is 58.6. The van der Waals surface area contributed by atoms with Gasteiger partial charge in [0.2, 0.25) is 0 Å². The average molecular weight is 1270 g/mol. The molecule has 0 saturated carbocycles. The van der Waals surface area contributed by atoms with Gasteiger partial charge in [0.1, 0.15) is 0 Å². The van der Waals surface area contributed by atoms with Gasteiger partial charge >= 0.3 is 0 Å². The minimum atomic E-state index is -0.207. The van der Waals surface area contributed by atoms with E-state index in [4.69, 9.17) is 0 Å². The van der Waals surface area contributed by atoms with Crippen molar-refractivity contribution in [2.45, 2.75) is 105 Å². The highest BCUT2D eigenvalue weighted by Gasteiger charge is 2.45. The van der Waals surface area contributed by atoms with Gasteiger partial charge in [0, 0.05) is 44.9 Å². The summed E-state index contributed by atoms with van der Waals surface area (Å²) < 4.78 is 2.60. The number of fused-ring (bicyclic) bond motifs is 7. The van der Waals surface area contributed by atoms with Crippen LogP contribution < -0.4 is 26.2 Å². The first-order chi connectivity index (χ1) is 47.1. The highest BCUT2D eigenvalue weighted by Crippen LogP contribution is 2.49. The third-order valence-electron chi connectivity index (χ3n) is 20.9. The SMILES string of the molecule is CC(C)(C)c1ccc(N2c3ccc(-c4ccccc4-c4ccc(-c5ccccc5)cc4)cc3B3c4cc(-c5ccccc5-c5ccc(-c6ccccc6)cc5)ccc4N(c4ccc(C(C)(C)C)cc4)c4cc(-n5c6cc(C(C)(C)C)ccc6c6ccc(C(C)(C)C)cc65)cc2c43)cc1. The molecule has 98 heavy (non-hydrogen) atoms. The van der Waals surface area contributed by atoms with Crippen LogP contribution >= 0.6 is 0 Å². The predicted molar refractivity (Wildman–Crippen MR) is 422 cm³/mol. The molecule has 0 fully saturated rings. The van der Waals surface area contributed by atoms with E-state index in [-0.39, 0.29) is 28.4 Å². The van der Waals surface area contributed by atoms with Crippen molar-refractivity contribution in [2.24, 2.45) is 0 Å². The molecule has 0 unspecified atom stereocenters. The van der Waals surface area contributed by atoms with Crippen LogP contribution in [-0.2, 0) is 21.7 Å². The van der Waals surface area contributed by atoms with E-state index in [9.17, 15) is 0 Å². The van der Waals surface area contributed by atoms with Crippen molar-refractivity contribution in [1.82, 2.24) is 4.57 Å². The van der Waals surface area contributed by atoms with Gasteiger partial charge in [-0.2, -0.15) is 0 Å². The van der Waals surface area contributed by atoms with Gasteiger partial charge in [-0.1, -0.05) is 314 Å². The molecule has 4 heteroatoms. The molecule has 3 nitrogen and oxygen atoms in total. The van der Waals surface area contributed by atoms with E-state index in [1.165, 1.54) is 127 Å². The highest BCUT2D eigenvalue weighted by molar-refractivity contribution is 7.00. The average Bonchev–Trinajstić information content (AvgIpc) is 0.911. The van der Waals surface area contributed by atoms with E-state index in [0.29, 0.717) is 0 Å². The summed E-state index contributed by atoms with van der Waals surface area (Å²) in [6.07, 6.45) is 0. The van der Waals surface area contributed by atoms with Crippen molar-refractivity contribution in [3.63, 3.8) is 0 Å². The largest absolute Gasteiger partial charge is 0.311 e. The van der Waals surface area contributed by atoms with Crippen LogP contribution in [0.2, 0.25) is 0 Å². The normalized spacial score (nSPS) is 13.0. The number of benzene rings is 13.